The van der Waals surface area contributed by atoms with E-state index in [0.29, 0.717) is 12.1 Å². The highest BCUT2D eigenvalue weighted by Crippen LogP contribution is 2.39. The molecular weight excluding hydrogens is 506 g/mol. The quantitative estimate of drug-likeness (QED) is 0.371. The topological polar surface area (TPSA) is 37.6 Å². The van der Waals surface area contributed by atoms with Gasteiger partial charge in [0.25, 0.3) is 5.91 Å². The molecular formula is C28H34BrN3OS. The molecule has 34 heavy (non-hydrogen) atoms. The smallest absolute Gasteiger partial charge is 0.267 e. The summed E-state index contributed by atoms with van der Waals surface area (Å²) in [5.41, 5.74) is 4.55. The Morgan fingerprint density at radius 2 is 1.71 bits per heavy atom. The monoisotopic (exact) mass is 539 g/mol. The minimum atomic E-state index is 0.152. The van der Waals surface area contributed by atoms with Gasteiger partial charge in [-0.1, -0.05) is 60.5 Å². The standard InChI is InChI=1S/C28H34BrN3OS/c1-19-16-21(20(2)31(19)25-15-9-10-22(29)18-25)17-26-27(33)32(24-13-7-4-8-14-24)28(34-26)30-23-11-5-3-6-12-23/h9-10,15-18,23-24H,3-8,11-14H2,1-2H3. The fourth-order valence-electron chi connectivity index (χ4n) is 5.69. The Morgan fingerprint density at radius 3 is 2.41 bits per heavy atom. The number of aromatic nitrogens is 1. The fraction of sp³-hybridized carbons (Fsp3) is 0.500. The molecule has 6 heteroatoms. The summed E-state index contributed by atoms with van der Waals surface area (Å²) in [6.07, 6.45) is 14.1. The van der Waals surface area contributed by atoms with Gasteiger partial charge < -0.3 is 4.57 Å². The van der Waals surface area contributed by atoms with Crippen molar-refractivity contribution in [3.8, 4) is 5.69 Å². The van der Waals surface area contributed by atoms with Crippen molar-refractivity contribution in [3.05, 3.63) is 56.7 Å². The third kappa shape index (κ3) is 4.94. The van der Waals surface area contributed by atoms with Crippen LogP contribution in [0.25, 0.3) is 11.8 Å². The first kappa shape index (κ1) is 23.9. The molecule has 1 aromatic heterocycles. The summed E-state index contributed by atoms with van der Waals surface area (Å²) in [4.78, 5) is 21.8. The Kier molecular flexibility index (Phi) is 7.35. The molecule has 0 N–H and O–H groups in total. The highest BCUT2D eigenvalue weighted by molar-refractivity contribution is 9.10. The van der Waals surface area contributed by atoms with Crippen LogP contribution in [-0.4, -0.2) is 32.6 Å². The summed E-state index contributed by atoms with van der Waals surface area (Å²) < 4.78 is 3.32. The van der Waals surface area contributed by atoms with Gasteiger partial charge in [0.15, 0.2) is 5.17 Å². The highest BCUT2D eigenvalue weighted by Gasteiger charge is 2.39. The molecule has 3 aliphatic rings. The highest BCUT2D eigenvalue weighted by atomic mass is 79.9. The van der Waals surface area contributed by atoms with Crippen LogP contribution in [0.4, 0.5) is 0 Å². The van der Waals surface area contributed by atoms with E-state index in [1.54, 1.807) is 11.8 Å². The number of carbonyl (C=O) groups is 1. The molecule has 0 atom stereocenters. The SMILES string of the molecule is Cc1cc(C=C2SC(=NC3CCCCC3)N(C3CCCCC3)C2=O)c(C)n1-c1cccc(Br)c1. The largest absolute Gasteiger partial charge is 0.318 e. The minimum absolute atomic E-state index is 0.152. The molecule has 0 spiro atoms. The number of aryl methyl sites for hydroxylation is 1. The van der Waals surface area contributed by atoms with Crippen molar-refractivity contribution >= 4 is 44.8 Å². The molecule has 0 radical (unpaired) electrons. The lowest BCUT2D eigenvalue weighted by molar-refractivity contribution is -0.124. The molecule has 3 fully saturated rings. The number of amides is 1. The molecule has 2 heterocycles. The molecule has 0 unspecified atom stereocenters. The molecule has 1 saturated heterocycles. The number of rotatable bonds is 4. The summed E-state index contributed by atoms with van der Waals surface area (Å²) in [6, 6.07) is 11.2. The Labute approximate surface area is 216 Å². The van der Waals surface area contributed by atoms with Crippen molar-refractivity contribution in [3.63, 3.8) is 0 Å². The lowest BCUT2D eigenvalue weighted by atomic mass is 9.94. The van der Waals surface area contributed by atoms with Crippen molar-refractivity contribution in [1.29, 1.82) is 0 Å². The van der Waals surface area contributed by atoms with Crippen molar-refractivity contribution in [2.45, 2.75) is 90.1 Å². The number of hydrogen-bond acceptors (Lipinski definition) is 3. The molecule has 4 nitrogen and oxygen atoms in total. The molecule has 0 bridgehead atoms. The number of thioether (sulfide) groups is 1. The number of benzene rings is 1. The van der Waals surface area contributed by atoms with Gasteiger partial charge in [0.1, 0.15) is 0 Å². The lowest BCUT2D eigenvalue weighted by Crippen LogP contribution is -2.41. The predicted molar refractivity (Wildman–Crippen MR) is 147 cm³/mol. The summed E-state index contributed by atoms with van der Waals surface area (Å²) >= 11 is 5.20. The second-order valence-electron chi connectivity index (χ2n) is 9.92. The maximum Gasteiger partial charge on any atom is 0.267 e. The van der Waals surface area contributed by atoms with E-state index in [9.17, 15) is 4.79 Å². The predicted octanol–water partition coefficient (Wildman–Crippen LogP) is 7.79. The van der Waals surface area contributed by atoms with E-state index in [1.807, 2.05) is 6.07 Å². The number of halogens is 1. The van der Waals surface area contributed by atoms with Crippen molar-refractivity contribution < 1.29 is 4.79 Å². The van der Waals surface area contributed by atoms with Gasteiger partial charge in [0.05, 0.1) is 10.9 Å². The zero-order valence-corrected chi connectivity index (χ0v) is 22.6. The van der Waals surface area contributed by atoms with Gasteiger partial charge in [-0.15, -0.1) is 0 Å². The van der Waals surface area contributed by atoms with Gasteiger partial charge in [0, 0.05) is 27.6 Å². The van der Waals surface area contributed by atoms with Crippen LogP contribution >= 0.6 is 27.7 Å². The van der Waals surface area contributed by atoms with Crippen LogP contribution < -0.4 is 0 Å². The van der Waals surface area contributed by atoms with E-state index in [2.05, 4.69) is 69.6 Å². The summed E-state index contributed by atoms with van der Waals surface area (Å²) in [7, 11) is 0. The molecule has 1 aromatic carbocycles. The van der Waals surface area contributed by atoms with Crippen LogP contribution in [0.3, 0.4) is 0 Å². The summed E-state index contributed by atoms with van der Waals surface area (Å²) in [5, 5.41) is 0.954. The van der Waals surface area contributed by atoms with E-state index < -0.39 is 0 Å². The Hall–Kier alpha value is -1.79. The van der Waals surface area contributed by atoms with E-state index in [4.69, 9.17) is 4.99 Å². The number of amidine groups is 1. The minimum Gasteiger partial charge on any atom is -0.318 e. The first-order chi connectivity index (χ1) is 16.5. The van der Waals surface area contributed by atoms with Crippen LogP contribution in [0.15, 0.2) is 44.7 Å². The lowest BCUT2D eigenvalue weighted by Gasteiger charge is -2.31. The summed E-state index contributed by atoms with van der Waals surface area (Å²) in [5.74, 6) is 0.152. The molecule has 2 aromatic rings. The molecule has 1 amide bonds. The first-order valence-electron chi connectivity index (χ1n) is 12.8. The van der Waals surface area contributed by atoms with Crippen LogP contribution in [0.1, 0.15) is 81.2 Å². The van der Waals surface area contributed by atoms with E-state index in [-0.39, 0.29) is 5.91 Å². The first-order valence-corrected chi connectivity index (χ1v) is 14.4. The third-order valence-corrected chi connectivity index (χ3v) is 8.96. The Balaban J connectivity index is 1.48. The summed E-state index contributed by atoms with van der Waals surface area (Å²) in [6.45, 7) is 4.27. The molecule has 5 rings (SSSR count). The van der Waals surface area contributed by atoms with Gasteiger partial charge in [-0.2, -0.15) is 0 Å². The zero-order chi connectivity index (χ0) is 23.7. The van der Waals surface area contributed by atoms with E-state index in [0.717, 1.165) is 62.9 Å². The normalized spacial score (nSPS) is 22.9. The van der Waals surface area contributed by atoms with Crippen LogP contribution in [-0.2, 0) is 4.79 Å². The van der Waals surface area contributed by atoms with Crippen molar-refractivity contribution in [1.82, 2.24) is 9.47 Å². The van der Waals surface area contributed by atoms with Crippen molar-refractivity contribution in [2.24, 2.45) is 4.99 Å². The van der Waals surface area contributed by atoms with Crippen LogP contribution in [0.2, 0.25) is 0 Å². The van der Waals surface area contributed by atoms with Crippen molar-refractivity contribution in [2.75, 3.05) is 0 Å². The fourth-order valence-corrected chi connectivity index (χ4v) is 7.18. The van der Waals surface area contributed by atoms with E-state index >= 15 is 0 Å². The van der Waals surface area contributed by atoms with E-state index in [1.165, 1.54) is 38.5 Å². The zero-order valence-electron chi connectivity index (χ0n) is 20.2. The number of aliphatic imine (C=N–C) groups is 1. The molecule has 180 valence electrons. The van der Waals surface area contributed by atoms with Crippen LogP contribution in [0.5, 0.6) is 0 Å². The molecule has 2 saturated carbocycles. The second kappa shape index (κ2) is 10.4. The van der Waals surface area contributed by atoms with Gasteiger partial charge >= 0.3 is 0 Å². The Bertz CT molecular complexity index is 1120. The van der Waals surface area contributed by atoms with Gasteiger partial charge in [-0.25, -0.2) is 0 Å². The third-order valence-electron chi connectivity index (χ3n) is 7.47. The van der Waals surface area contributed by atoms with Gasteiger partial charge in [-0.3, -0.25) is 14.7 Å². The average molecular weight is 541 g/mol. The number of hydrogen-bond donors (Lipinski definition) is 0. The number of nitrogens with zero attached hydrogens (tertiary/aromatic N) is 3. The maximum atomic E-state index is 13.7. The van der Waals surface area contributed by atoms with Gasteiger partial charge in [0.2, 0.25) is 0 Å². The maximum absolute atomic E-state index is 13.7. The Morgan fingerprint density at radius 1 is 1.00 bits per heavy atom. The average Bonchev–Trinajstić information content (AvgIpc) is 3.29. The molecule has 1 aliphatic heterocycles. The van der Waals surface area contributed by atoms with Crippen LogP contribution in [0, 0.1) is 13.8 Å². The number of carbonyl (C=O) groups excluding carboxylic acids is 1. The second-order valence-corrected chi connectivity index (χ2v) is 11.8. The molecule has 2 aliphatic carbocycles. The van der Waals surface area contributed by atoms with Gasteiger partial charge in [-0.05, 0) is 87.2 Å².